The van der Waals surface area contributed by atoms with Crippen molar-refractivity contribution in [1.29, 1.82) is 0 Å². The standard InChI is InChI=1S/C57H109NO10/c1-3-5-7-9-11-13-15-17-19-21-23-24-25-27-29-31-33-35-37-39-41-43-45-50(61)56(66)58-48(47-67-57-55(65)54(64)53(63)51(46-59)68-57)52(62)49(60)44-42-40-38-36-34-32-30-28-26-22-20-18-16-14-12-10-8-6-4-2/h28,30,36,38,48-55,57,59-65H,3-27,29,31-35,37,39-47H2,1-2H3,(H,58,66)/b30-28+,38-36+. The first-order valence-corrected chi connectivity index (χ1v) is 28.7. The summed E-state index contributed by atoms with van der Waals surface area (Å²) in [4.78, 5) is 13.2. The normalized spacial score (nSPS) is 20.6. The zero-order valence-corrected chi connectivity index (χ0v) is 43.9. The van der Waals surface area contributed by atoms with E-state index in [2.05, 4.69) is 43.5 Å². The van der Waals surface area contributed by atoms with Crippen LogP contribution in [0, 0.1) is 0 Å². The van der Waals surface area contributed by atoms with Crippen molar-refractivity contribution in [2.75, 3.05) is 13.2 Å². The van der Waals surface area contributed by atoms with E-state index in [0.717, 1.165) is 38.5 Å². The summed E-state index contributed by atoms with van der Waals surface area (Å²) in [6, 6.07) is -1.19. The van der Waals surface area contributed by atoms with Crippen LogP contribution in [0.1, 0.15) is 264 Å². The number of ether oxygens (including phenoxy) is 2. The number of allylic oxidation sites excluding steroid dienone is 4. The lowest BCUT2D eigenvalue weighted by Crippen LogP contribution is -2.60. The monoisotopic (exact) mass is 968 g/mol. The van der Waals surface area contributed by atoms with Crippen LogP contribution in [-0.4, -0.2) is 110 Å². The van der Waals surface area contributed by atoms with Gasteiger partial charge in [0.25, 0.3) is 0 Å². The summed E-state index contributed by atoms with van der Waals surface area (Å²) in [5, 5.41) is 76.1. The van der Waals surface area contributed by atoms with Crippen molar-refractivity contribution < 1.29 is 50.0 Å². The first-order chi connectivity index (χ1) is 33.2. The van der Waals surface area contributed by atoms with Crippen LogP contribution in [0.2, 0.25) is 0 Å². The molecule has 0 aromatic heterocycles. The van der Waals surface area contributed by atoms with E-state index in [9.17, 15) is 40.5 Å². The molecule has 0 aromatic carbocycles. The Kier molecular flexibility index (Phi) is 44.3. The number of aliphatic hydroxyl groups excluding tert-OH is 7. The average Bonchev–Trinajstić information content (AvgIpc) is 3.34. The Morgan fingerprint density at radius 2 is 0.882 bits per heavy atom. The average molecular weight is 968 g/mol. The van der Waals surface area contributed by atoms with Gasteiger partial charge in [0.05, 0.1) is 25.4 Å². The van der Waals surface area contributed by atoms with Crippen LogP contribution >= 0.6 is 0 Å². The maximum atomic E-state index is 13.2. The quantitative estimate of drug-likeness (QED) is 0.0215. The number of amides is 1. The van der Waals surface area contributed by atoms with Gasteiger partial charge in [0.1, 0.15) is 36.6 Å². The molecule has 1 rings (SSSR count). The molecule has 11 nitrogen and oxygen atoms in total. The third-order valence-corrected chi connectivity index (χ3v) is 14.0. The number of rotatable bonds is 49. The summed E-state index contributed by atoms with van der Waals surface area (Å²) < 4.78 is 11.1. The highest BCUT2D eigenvalue weighted by molar-refractivity contribution is 5.80. The molecular formula is C57H109NO10. The summed E-state index contributed by atoms with van der Waals surface area (Å²) in [7, 11) is 0. The summed E-state index contributed by atoms with van der Waals surface area (Å²) in [5.41, 5.74) is 0. The molecule has 11 heteroatoms. The summed E-state index contributed by atoms with van der Waals surface area (Å²) in [6.45, 7) is 3.46. The first-order valence-electron chi connectivity index (χ1n) is 28.7. The van der Waals surface area contributed by atoms with Crippen molar-refractivity contribution in [3.05, 3.63) is 24.3 Å². The minimum atomic E-state index is -1.67. The van der Waals surface area contributed by atoms with Gasteiger partial charge in [-0.15, -0.1) is 0 Å². The molecule has 1 amide bonds. The van der Waals surface area contributed by atoms with Crippen molar-refractivity contribution in [2.45, 2.75) is 319 Å². The van der Waals surface area contributed by atoms with E-state index in [1.54, 1.807) is 0 Å². The van der Waals surface area contributed by atoms with Crippen LogP contribution in [0.15, 0.2) is 24.3 Å². The Labute approximate surface area is 416 Å². The summed E-state index contributed by atoms with van der Waals surface area (Å²) in [5.74, 6) is -0.706. The molecule has 68 heavy (non-hydrogen) atoms. The Hall–Kier alpha value is -1.41. The lowest BCUT2D eigenvalue weighted by atomic mass is 9.98. The molecule has 0 aromatic rings. The molecule has 402 valence electrons. The Bertz CT molecular complexity index is 1160. The van der Waals surface area contributed by atoms with Crippen LogP contribution in [0.5, 0.6) is 0 Å². The third kappa shape index (κ3) is 34.8. The Morgan fingerprint density at radius 3 is 1.31 bits per heavy atom. The highest BCUT2D eigenvalue weighted by Gasteiger charge is 2.44. The molecule has 1 heterocycles. The van der Waals surface area contributed by atoms with E-state index < -0.39 is 74.2 Å². The maximum absolute atomic E-state index is 13.2. The molecule has 9 unspecified atom stereocenters. The summed E-state index contributed by atoms with van der Waals surface area (Å²) >= 11 is 0. The number of hydrogen-bond donors (Lipinski definition) is 8. The molecular weight excluding hydrogens is 859 g/mol. The molecule has 0 radical (unpaired) electrons. The molecule has 0 aliphatic carbocycles. The fourth-order valence-corrected chi connectivity index (χ4v) is 9.28. The number of hydrogen-bond acceptors (Lipinski definition) is 10. The van der Waals surface area contributed by atoms with Gasteiger partial charge < -0.3 is 50.5 Å². The van der Waals surface area contributed by atoms with Crippen molar-refractivity contribution >= 4 is 5.91 Å². The van der Waals surface area contributed by atoms with Crippen LogP contribution < -0.4 is 5.32 Å². The van der Waals surface area contributed by atoms with Gasteiger partial charge in [0.15, 0.2) is 6.29 Å². The van der Waals surface area contributed by atoms with Crippen LogP contribution in [-0.2, 0) is 14.3 Å². The topological polar surface area (TPSA) is 189 Å². The molecule has 0 saturated carbocycles. The van der Waals surface area contributed by atoms with Crippen LogP contribution in [0.3, 0.4) is 0 Å². The second kappa shape index (κ2) is 46.6. The van der Waals surface area contributed by atoms with Gasteiger partial charge in [0, 0.05) is 0 Å². The molecule has 9 atom stereocenters. The van der Waals surface area contributed by atoms with E-state index >= 15 is 0 Å². The molecule has 8 N–H and O–H groups in total. The lowest BCUT2D eigenvalue weighted by molar-refractivity contribution is -0.303. The first kappa shape index (κ1) is 64.6. The minimum Gasteiger partial charge on any atom is -0.394 e. The number of carbonyl (C=O) groups excluding carboxylic acids is 1. The zero-order valence-electron chi connectivity index (χ0n) is 43.9. The third-order valence-electron chi connectivity index (χ3n) is 14.0. The van der Waals surface area contributed by atoms with E-state index in [1.165, 1.54) is 180 Å². The van der Waals surface area contributed by atoms with Gasteiger partial charge in [-0.2, -0.15) is 0 Å². The predicted octanol–water partition coefficient (Wildman–Crippen LogP) is 11.7. The maximum Gasteiger partial charge on any atom is 0.249 e. The fourth-order valence-electron chi connectivity index (χ4n) is 9.28. The van der Waals surface area contributed by atoms with E-state index in [4.69, 9.17) is 9.47 Å². The van der Waals surface area contributed by atoms with Gasteiger partial charge in [0.2, 0.25) is 5.91 Å². The number of aliphatic hydroxyl groups is 7. The number of unbranched alkanes of at least 4 members (excludes halogenated alkanes) is 33. The summed E-state index contributed by atoms with van der Waals surface area (Å²) in [6.07, 6.45) is 43.7. The number of carbonyl (C=O) groups is 1. The Morgan fingerprint density at radius 1 is 0.500 bits per heavy atom. The van der Waals surface area contributed by atoms with Gasteiger partial charge in [-0.3, -0.25) is 4.79 Å². The second-order valence-electron chi connectivity index (χ2n) is 20.4. The van der Waals surface area contributed by atoms with Gasteiger partial charge >= 0.3 is 0 Å². The molecule has 1 fully saturated rings. The molecule has 1 aliphatic heterocycles. The van der Waals surface area contributed by atoms with E-state index in [1.807, 2.05) is 0 Å². The minimum absolute atomic E-state index is 0.249. The zero-order chi connectivity index (χ0) is 49.7. The van der Waals surface area contributed by atoms with Gasteiger partial charge in [-0.1, -0.05) is 237 Å². The predicted molar refractivity (Wildman–Crippen MR) is 279 cm³/mol. The van der Waals surface area contributed by atoms with Gasteiger partial charge in [-0.25, -0.2) is 0 Å². The van der Waals surface area contributed by atoms with Crippen molar-refractivity contribution in [1.82, 2.24) is 5.32 Å². The highest BCUT2D eigenvalue weighted by atomic mass is 16.7. The highest BCUT2D eigenvalue weighted by Crippen LogP contribution is 2.23. The Balaban J connectivity index is 2.34. The fraction of sp³-hybridized carbons (Fsp3) is 0.912. The second-order valence-corrected chi connectivity index (χ2v) is 20.4. The van der Waals surface area contributed by atoms with Crippen molar-refractivity contribution in [2.24, 2.45) is 0 Å². The van der Waals surface area contributed by atoms with E-state index in [0.29, 0.717) is 19.3 Å². The smallest absolute Gasteiger partial charge is 0.249 e. The molecule has 1 saturated heterocycles. The van der Waals surface area contributed by atoms with Crippen LogP contribution in [0.4, 0.5) is 0 Å². The van der Waals surface area contributed by atoms with Crippen molar-refractivity contribution in [3.8, 4) is 0 Å². The number of nitrogens with one attached hydrogen (secondary N) is 1. The van der Waals surface area contributed by atoms with Crippen LogP contribution in [0.25, 0.3) is 0 Å². The van der Waals surface area contributed by atoms with Gasteiger partial charge in [-0.05, 0) is 51.4 Å². The molecule has 1 aliphatic rings. The molecule has 0 spiro atoms. The SMILES string of the molecule is CCCCCCCCCCCC/C=C/CC/C=C/CCCC(O)C(O)C(COC1OC(CO)C(O)C(O)C1O)NC(=O)C(O)CCCCCCCCCCCCCCCCCCCCCCCC. The van der Waals surface area contributed by atoms with Crippen molar-refractivity contribution in [3.63, 3.8) is 0 Å². The lowest BCUT2D eigenvalue weighted by Gasteiger charge is -2.40. The van der Waals surface area contributed by atoms with E-state index in [-0.39, 0.29) is 12.8 Å². The molecule has 0 bridgehead atoms. The largest absolute Gasteiger partial charge is 0.394 e.